The SMILES string of the molecule is COc1ccc(-n2cc(C(=O)NC(C)C)c(=O)c3ccccc32)cc1OC. The molecular weight excluding hydrogens is 344 g/mol. The lowest BCUT2D eigenvalue weighted by atomic mass is 10.1. The summed E-state index contributed by atoms with van der Waals surface area (Å²) in [5.74, 6) is 0.769. The quantitative estimate of drug-likeness (QED) is 0.753. The van der Waals surface area contributed by atoms with Crippen LogP contribution in [0.25, 0.3) is 16.6 Å². The molecule has 2 aromatic carbocycles. The van der Waals surface area contributed by atoms with Crippen LogP contribution in [0.3, 0.4) is 0 Å². The average Bonchev–Trinajstić information content (AvgIpc) is 2.67. The summed E-state index contributed by atoms with van der Waals surface area (Å²) in [6.07, 6.45) is 1.57. The fraction of sp³-hybridized carbons (Fsp3) is 0.238. The van der Waals surface area contributed by atoms with Crippen LogP contribution in [-0.4, -0.2) is 30.7 Å². The van der Waals surface area contributed by atoms with Crippen LogP contribution in [0.15, 0.2) is 53.5 Å². The van der Waals surface area contributed by atoms with Crippen molar-refractivity contribution in [3.05, 3.63) is 64.4 Å². The molecule has 3 rings (SSSR count). The molecule has 0 aliphatic rings. The Bertz CT molecular complexity index is 1050. The molecule has 1 aromatic heterocycles. The normalized spacial score (nSPS) is 10.9. The summed E-state index contributed by atoms with van der Waals surface area (Å²) < 4.78 is 12.5. The first-order valence-corrected chi connectivity index (χ1v) is 8.64. The van der Waals surface area contributed by atoms with Crippen molar-refractivity contribution in [1.82, 2.24) is 9.88 Å². The second-order valence-electron chi connectivity index (χ2n) is 6.43. The highest BCUT2D eigenvalue weighted by Crippen LogP contribution is 2.30. The summed E-state index contributed by atoms with van der Waals surface area (Å²) in [7, 11) is 3.13. The van der Waals surface area contributed by atoms with Gasteiger partial charge in [-0.05, 0) is 38.1 Å². The van der Waals surface area contributed by atoms with Gasteiger partial charge in [-0.15, -0.1) is 0 Å². The molecule has 27 heavy (non-hydrogen) atoms. The summed E-state index contributed by atoms with van der Waals surface area (Å²) in [5.41, 5.74) is 1.26. The number of pyridine rings is 1. The lowest BCUT2D eigenvalue weighted by molar-refractivity contribution is 0.0941. The van der Waals surface area contributed by atoms with Crippen molar-refractivity contribution in [2.24, 2.45) is 0 Å². The third kappa shape index (κ3) is 3.51. The van der Waals surface area contributed by atoms with Crippen LogP contribution in [0.2, 0.25) is 0 Å². The number of methoxy groups -OCH3 is 2. The number of nitrogens with one attached hydrogen (secondary N) is 1. The van der Waals surface area contributed by atoms with Crippen molar-refractivity contribution in [2.45, 2.75) is 19.9 Å². The first-order chi connectivity index (χ1) is 13.0. The van der Waals surface area contributed by atoms with Crippen molar-refractivity contribution in [2.75, 3.05) is 14.2 Å². The molecule has 3 aromatic rings. The zero-order chi connectivity index (χ0) is 19.6. The number of carbonyl (C=O) groups excluding carboxylic acids is 1. The van der Waals surface area contributed by atoms with Gasteiger partial charge in [0.05, 0.1) is 19.7 Å². The zero-order valence-electron chi connectivity index (χ0n) is 15.8. The maximum absolute atomic E-state index is 12.8. The smallest absolute Gasteiger partial charge is 0.256 e. The molecule has 0 aliphatic carbocycles. The highest BCUT2D eigenvalue weighted by atomic mass is 16.5. The zero-order valence-corrected chi connectivity index (χ0v) is 15.8. The Morgan fingerprint density at radius 2 is 1.74 bits per heavy atom. The Morgan fingerprint density at radius 3 is 2.41 bits per heavy atom. The third-order valence-electron chi connectivity index (χ3n) is 4.22. The molecule has 0 atom stereocenters. The van der Waals surface area contributed by atoms with Gasteiger partial charge >= 0.3 is 0 Å². The van der Waals surface area contributed by atoms with E-state index in [1.165, 1.54) is 0 Å². The van der Waals surface area contributed by atoms with Gasteiger partial charge in [0.1, 0.15) is 5.56 Å². The van der Waals surface area contributed by atoms with Gasteiger partial charge in [-0.3, -0.25) is 9.59 Å². The van der Waals surface area contributed by atoms with Crippen LogP contribution in [0.5, 0.6) is 11.5 Å². The van der Waals surface area contributed by atoms with E-state index in [9.17, 15) is 9.59 Å². The van der Waals surface area contributed by atoms with Crippen LogP contribution >= 0.6 is 0 Å². The van der Waals surface area contributed by atoms with Gasteiger partial charge in [-0.1, -0.05) is 12.1 Å². The molecule has 1 heterocycles. The third-order valence-corrected chi connectivity index (χ3v) is 4.22. The Kier molecular flexibility index (Phi) is 5.16. The fourth-order valence-corrected chi connectivity index (χ4v) is 2.97. The molecule has 140 valence electrons. The molecule has 0 radical (unpaired) electrons. The van der Waals surface area contributed by atoms with E-state index in [1.54, 1.807) is 44.7 Å². The van der Waals surface area contributed by atoms with E-state index in [4.69, 9.17) is 9.47 Å². The van der Waals surface area contributed by atoms with E-state index in [0.717, 1.165) is 5.69 Å². The lowest BCUT2D eigenvalue weighted by Crippen LogP contribution is -2.34. The predicted molar refractivity (Wildman–Crippen MR) is 105 cm³/mol. The number of carbonyl (C=O) groups is 1. The van der Waals surface area contributed by atoms with Crippen molar-refractivity contribution < 1.29 is 14.3 Å². The second-order valence-corrected chi connectivity index (χ2v) is 6.43. The van der Waals surface area contributed by atoms with Crippen LogP contribution in [0.4, 0.5) is 0 Å². The van der Waals surface area contributed by atoms with Crippen molar-refractivity contribution >= 4 is 16.8 Å². The number of hydrogen-bond acceptors (Lipinski definition) is 4. The Hall–Kier alpha value is -3.28. The van der Waals surface area contributed by atoms with Gasteiger partial charge < -0.3 is 19.4 Å². The highest BCUT2D eigenvalue weighted by Gasteiger charge is 2.17. The maximum Gasteiger partial charge on any atom is 0.256 e. The van der Waals surface area contributed by atoms with E-state index in [1.807, 2.05) is 36.6 Å². The van der Waals surface area contributed by atoms with Gasteiger partial charge in [0, 0.05) is 29.4 Å². The Morgan fingerprint density at radius 1 is 1.04 bits per heavy atom. The molecular formula is C21H22N2O4. The maximum atomic E-state index is 12.8. The summed E-state index contributed by atoms with van der Waals surface area (Å²) in [4.78, 5) is 25.4. The summed E-state index contributed by atoms with van der Waals surface area (Å²) in [5, 5.41) is 3.26. The standard InChI is InChI=1S/C21H22N2O4/c1-13(2)22-21(25)16-12-23(17-8-6-5-7-15(17)20(16)24)14-9-10-18(26-3)19(11-14)27-4/h5-13H,1-4H3,(H,22,25). The lowest BCUT2D eigenvalue weighted by Gasteiger charge is -2.16. The van der Waals surface area contributed by atoms with Crippen LogP contribution in [-0.2, 0) is 0 Å². The topological polar surface area (TPSA) is 69.6 Å². The predicted octanol–water partition coefficient (Wildman–Crippen LogP) is 3.15. The Balaban J connectivity index is 2.28. The van der Waals surface area contributed by atoms with Gasteiger partial charge in [-0.25, -0.2) is 0 Å². The number of rotatable bonds is 5. The van der Waals surface area contributed by atoms with Gasteiger partial charge in [0.25, 0.3) is 5.91 Å². The number of hydrogen-bond donors (Lipinski definition) is 1. The van der Waals surface area contributed by atoms with Crippen molar-refractivity contribution in [3.63, 3.8) is 0 Å². The number of benzene rings is 2. The minimum absolute atomic E-state index is 0.0714. The van der Waals surface area contributed by atoms with Gasteiger partial charge in [0.2, 0.25) is 5.43 Å². The molecule has 6 heteroatoms. The summed E-state index contributed by atoms with van der Waals surface area (Å²) >= 11 is 0. The number of amides is 1. The van der Waals surface area contributed by atoms with Crippen molar-refractivity contribution in [3.8, 4) is 17.2 Å². The number of fused-ring (bicyclic) bond motifs is 1. The van der Waals surface area contributed by atoms with Crippen LogP contribution in [0.1, 0.15) is 24.2 Å². The minimum Gasteiger partial charge on any atom is -0.493 e. The van der Waals surface area contributed by atoms with Crippen molar-refractivity contribution in [1.29, 1.82) is 0 Å². The van der Waals surface area contributed by atoms with Crippen LogP contribution < -0.4 is 20.2 Å². The van der Waals surface area contributed by atoms with E-state index >= 15 is 0 Å². The molecule has 6 nitrogen and oxygen atoms in total. The fourth-order valence-electron chi connectivity index (χ4n) is 2.97. The molecule has 0 fully saturated rings. The first kappa shape index (κ1) is 18.5. The summed E-state index contributed by atoms with van der Waals surface area (Å²) in [6, 6.07) is 12.6. The highest BCUT2D eigenvalue weighted by molar-refractivity contribution is 5.97. The number of nitrogens with zero attached hydrogens (tertiary/aromatic N) is 1. The first-order valence-electron chi connectivity index (χ1n) is 8.64. The molecule has 0 bridgehead atoms. The van der Waals surface area contributed by atoms with E-state index in [-0.39, 0.29) is 17.0 Å². The molecule has 0 saturated heterocycles. The van der Waals surface area contributed by atoms with E-state index < -0.39 is 5.91 Å². The molecule has 0 unspecified atom stereocenters. The van der Waals surface area contributed by atoms with E-state index in [2.05, 4.69) is 5.32 Å². The second kappa shape index (κ2) is 7.53. The van der Waals surface area contributed by atoms with Gasteiger partial charge in [0.15, 0.2) is 11.5 Å². The monoisotopic (exact) mass is 366 g/mol. The molecule has 1 N–H and O–H groups in total. The molecule has 0 saturated carbocycles. The number of aromatic nitrogens is 1. The average molecular weight is 366 g/mol. The number of ether oxygens (including phenoxy) is 2. The minimum atomic E-state index is -0.394. The largest absolute Gasteiger partial charge is 0.493 e. The molecule has 0 spiro atoms. The number of para-hydroxylation sites is 1. The van der Waals surface area contributed by atoms with E-state index in [0.29, 0.717) is 22.4 Å². The van der Waals surface area contributed by atoms with Gasteiger partial charge in [-0.2, -0.15) is 0 Å². The molecule has 0 aliphatic heterocycles. The summed E-state index contributed by atoms with van der Waals surface area (Å²) in [6.45, 7) is 3.71. The molecule has 1 amide bonds. The Labute approximate surface area is 157 Å². The van der Waals surface area contributed by atoms with Crippen LogP contribution in [0, 0.1) is 0 Å².